The molecule has 0 N–H and O–H groups in total. The summed E-state index contributed by atoms with van der Waals surface area (Å²) in [6.45, 7) is 3.77. The molecule has 152 valence electrons. The average molecular weight is 403 g/mol. The lowest BCUT2D eigenvalue weighted by Crippen LogP contribution is -2.11. The van der Waals surface area contributed by atoms with E-state index >= 15 is 0 Å². The normalized spacial score (nSPS) is 10.9. The highest BCUT2D eigenvalue weighted by Gasteiger charge is 2.20. The summed E-state index contributed by atoms with van der Waals surface area (Å²) in [5, 5.41) is 4.73. The molecule has 2 aromatic carbocycles. The van der Waals surface area contributed by atoms with Crippen LogP contribution in [0.2, 0.25) is 0 Å². The van der Waals surface area contributed by atoms with Gasteiger partial charge in [0, 0.05) is 11.1 Å². The van der Waals surface area contributed by atoms with Gasteiger partial charge >= 0.3 is 5.97 Å². The van der Waals surface area contributed by atoms with Crippen molar-refractivity contribution in [3.8, 4) is 17.1 Å². The quantitative estimate of drug-likeness (QED) is 0.437. The molecular formula is C23H21N3O4. The van der Waals surface area contributed by atoms with Gasteiger partial charge in [-0.05, 0) is 37.1 Å². The van der Waals surface area contributed by atoms with E-state index in [4.69, 9.17) is 14.0 Å². The molecule has 0 aliphatic rings. The van der Waals surface area contributed by atoms with Gasteiger partial charge in [0.2, 0.25) is 5.82 Å². The summed E-state index contributed by atoms with van der Waals surface area (Å²) in [6.07, 6.45) is 0.725. The summed E-state index contributed by atoms with van der Waals surface area (Å²) in [4.78, 5) is 21.9. The van der Waals surface area contributed by atoms with E-state index in [1.54, 1.807) is 7.11 Å². The molecule has 0 spiro atoms. The number of hydrogen-bond donors (Lipinski definition) is 0. The Morgan fingerprint density at radius 1 is 1.07 bits per heavy atom. The molecule has 0 bridgehead atoms. The van der Waals surface area contributed by atoms with Crippen molar-refractivity contribution in [3.63, 3.8) is 0 Å². The molecule has 0 unspecified atom stereocenters. The third-order valence-electron chi connectivity index (χ3n) is 4.92. The van der Waals surface area contributed by atoms with Gasteiger partial charge in [-0.25, -0.2) is 4.79 Å². The molecule has 0 radical (unpaired) electrons. The fraction of sp³-hybridized carbons (Fsp3) is 0.217. The van der Waals surface area contributed by atoms with Crippen LogP contribution in [-0.4, -0.2) is 28.2 Å². The van der Waals surface area contributed by atoms with Gasteiger partial charge in [0.05, 0.1) is 23.8 Å². The number of aryl methyl sites for hydroxylation is 1. The molecular weight excluding hydrogens is 382 g/mol. The Labute approximate surface area is 173 Å². The van der Waals surface area contributed by atoms with Crippen molar-refractivity contribution in [2.75, 3.05) is 7.11 Å². The number of benzene rings is 2. The highest BCUT2D eigenvalue weighted by atomic mass is 16.6. The van der Waals surface area contributed by atoms with Crippen LogP contribution in [-0.2, 0) is 17.8 Å². The fourth-order valence-corrected chi connectivity index (χ4v) is 3.42. The first-order valence-electron chi connectivity index (χ1n) is 9.63. The van der Waals surface area contributed by atoms with Crippen molar-refractivity contribution in [3.05, 3.63) is 71.2 Å². The van der Waals surface area contributed by atoms with Crippen molar-refractivity contribution in [2.24, 2.45) is 0 Å². The maximum absolute atomic E-state index is 12.9. The maximum atomic E-state index is 12.9. The number of fused-ring (bicyclic) bond motifs is 1. The van der Waals surface area contributed by atoms with E-state index in [0.29, 0.717) is 22.7 Å². The first kappa shape index (κ1) is 19.6. The molecule has 30 heavy (non-hydrogen) atoms. The fourth-order valence-electron chi connectivity index (χ4n) is 3.42. The van der Waals surface area contributed by atoms with Crippen molar-refractivity contribution < 1.29 is 18.8 Å². The summed E-state index contributed by atoms with van der Waals surface area (Å²) < 4.78 is 16.1. The van der Waals surface area contributed by atoms with Crippen LogP contribution in [0.5, 0.6) is 5.75 Å². The van der Waals surface area contributed by atoms with Gasteiger partial charge in [-0.15, -0.1) is 0 Å². The Hall–Kier alpha value is -3.74. The summed E-state index contributed by atoms with van der Waals surface area (Å²) in [5.74, 6) is 0.763. The number of hydrogen-bond acceptors (Lipinski definition) is 7. The Balaban J connectivity index is 1.58. The number of methoxy groups -OCH3 is 1. The Morgan fingerprint density at radius 3 is 2.63 bits per heavy atom. The molecule has 0 aliphatic heterocycles. The third-order valence-corrected chi connectivity index (χ3v) is 4.92. The number of esters is 1. The monoisotopic (exact) mass is 403 g/mol. The number of pyridine rings is 1. The van der Waals surface area contributed by atoms with Crippen LogP contribution >= 0.6 is 0 Å². The molecule has 4 aromatic rings. The summed E-state index contributed by atoms with van der Waals surface area (Å²) in [6, 6.07) is 14.9. The highest BCUT2D eigenvalue weighted by molar-refractivity contribution is 6.04. The van der Waals surface area contributed by atoms with Gasteiger partial charge < -0.3 is 14.0 Å². The highest BCUT2D eigenvalue weighted by Crippen LogP contribution is 2.28. The number of para-hydroxylation sites is 2. The van der Waals surface area contributed by atoms with Crippen molar-refractivity contribution in [2.45, 2.75) is 26.9 Å². The number of rotatable bonds is 6. The topological polar surface area (TPSA) is 87.3 Å². The number of carbonyl (C=O) groups is 1. The summed E-state index contributed by atoms with van der Waals surface area (Å²) >= 11 is 0. The van der Waals surface area contributed by atoms with Crippen molar-refractivity contribution >= 4 is 16.9 Å². The minimum absolute atomic E-state index is 0.126. The second-order valence-electron chi connectivity index (χ2n) is 6.72. The lowest BCUT2D eigenvalue weighted by molar-refractivity contribution is 0.0431. The van der Waals surface area contributed by atoms with Crippen LogP contribution in [0.25, 0.3) is 22.3 Å². The Morgan fingerprint density at radius 2 is 1.83 bits per heavy atom. The smallest absolute Gasteiger partial charge is 0.339 e. The molecule has 2 aromatic heterocycles. The predicted molar refractivity (Wildman–Crippen MR) is 111 cm³/mol. The zero-order valence-corrected chi connectivity index (χ0v) is 17.0. The largest absolute Gasteiger partial charge is 0.496 e. The van der Waals surface area contributed by atoms with Gasteiger partial charge in [0.25, 0.3) is 5.89 Å². The molecule has 0 fully saturated rings. The van der Waals surface area contributed by atoms with Crippen LogP contribution in [0.4, 0.5) is 0 Å². The molecule has 2 heterocycles. The van der Waals surface area contributed by atoms with Crippen LogP contribution in [0.3, 0.4) is 0 Å². The minimum Gasteiger partial charge on any atom is -0.496 e. The predicted octanol–water partition coefficient (Wildman–Crippen LogP) is 4.52. The van der Waals surface area contributed by atoms with Gasteiger partial charge in [-0.1, -0.05) is 42.4 Å². The third kappa shape index (κ3) is 3.61. The molecule has 0 atom stereocenters. The van der Waals surface area contributed by atoms with Crippen LogP contribution < -0.4 is 4.74 Å². The zero-order valence-electron chi connectivity index (χ0n) is 17.0. The molecule has 7 heteroatoms. The van der Waals surface area contributed by atoms with Crippen LogP contribution in [0.1, 0.15) is 34.4 Å². The standard InChI is InChI=1S/C23H21N3O4/c1-4-17-14(2)21(15-9-5-7-11-18(15)24-17)23(27)29-13-20-25-22(26-30-20)16-10-6-8-12-19(16)28-3/h5-12H,4,13H2,1-3H3. The zero-order chi connectivity index (χ0) is 21.1. The lowest BCUT2D eigenvalue weighted by atomic mass is 10.0. The van der Waals surface area contributed by atoms with Crippen LogP contribution in [0, 0.1) is 6.92 Å². The first-order valence-corrected chi connectivity index (χ1v) is 9.63. The number of ether oxygens (including phenoxy) is 2. The molecule has 7 nitrogen and oxygen atoms in total. The number of aromatic nitrogens is 3. The molecule has 0 saturated carbocycles. The minimum atomic E-state index is -0.446. The Kier molecular flexibility index (Phi) is 5.43. The maximum Gasteiger partial charge on any atom is 0.339 e. The summed E-state index contributed by atoms with van der Waals surface area (Å²) in [7, 11) is 1.58. The average Bonchev–Trinajstić information content (AvgIpc) is 3.26. The van der Waals surface area contributed by atoms with Gasteiger partial charge in [-0.3, -0.25) is 4.98 Å². The molecule has 0 saturated heterocycles. The van der Waals surface area contributed by atoms with E-state index in [9.17, 15) is 4.79 Å². The first-order chi connectivity index (χ1) is 14.6. The summed E-state index contributed by atoms with van der Waals surface area (Å²) in [5.41, 5.74) is 3.67. The second-order valence-corrected chi connectivity index (χ2v) is 6.72. The van der Waals surface area contributed by atoms with Crippen molar-refractivity contribution in [1.82, 2.24) is 15.1 Å². The van der Waals surface area contributed by atoms with E-state index in [-0.39, 0.29) is 12.5 Å². The van der Waals surface area contributed by atoms with Gasteiger partial charge in [0.1, 0.15) is 5.75 Å². The van der Waals surface area contributed by atoms with E-state index in [1.165, 1.54) is 0 Å². The van der Waals surface area contributed by atoms with Gasteiger partial charge in [0.15, 0.2) is 6.61 Å². The Bertz CT molecular complexity index is 1220. The van der Waals surface area contributed by atoms with E-state index in [1.807, 2.05) is 62.4 Å². The lowest BCUT2D eigenvalue weighted by Gasteiger charge is -2.12. The molecule has 0 amide bonds. The number of nitrogens with zero attached hydrogens (tertiary/aromatic N) is 3. The van der Waals surface area contributed by atoms with E-state index < -0.39 is 5.97 Å². The van der Waals surface area contributed by atoms with Gasteiger partial charge in [-0.2, -0.15) is 4.98 Å². The van der Waals surface area contributed by atoms with Crippen LogP contribution in [0.15, 0.2) is 53.1 Å². The SMILES string of the molecule is CCc1nc2ccccc2c(C(=O)OCc2nc(-c3ccccc3OC)no2)c1C. The van der Waals surface area contributed by atoms with E-state index in [2.05, 4.69) is 15.1 Å². The molecule has 0 aliphatic carbocycles. The molecule has 4 rings (SSSR count). The van der Waals surface area contributed by atoms with Crippen molar-refractivity contribution in [1.29, 1.82) is 0 Å². The number of carbonyl (C=O) groups excluding carboxylic acids is 1. The van der Waals surface area contributed by atoms with E-state index in [0.717, 1.165) is 28.6 Å². The second kappa shape index (κ2) is 8.32.